The number of amides is 1. The lowest BCUT2D eigenvalue weighted by molar-refractivity contribution is -0.161. The number of nitrogens with zero attached hydrogens (tertiary/aromatic N) is 2. The Bertz CT molecular complexity index is 1110. The molecule has 0 saturated carbocycles. The Balaban J connectivity index is 1.51. The van der Waals surface area contributed by atoms with Gasteiger partial charge in [0.05, 0.1) is 4.90 Å². The molecule has 1 aliphatic rings. The second kappa shape index (κ2) is 11.0. The fourth-order valence-corrected chi connectivity index (χ4v) is 5.25. The van der Waals surface area contributed by atoms with Gasteiger partial charge in [-0.05, 0) is 49.1 Å². The topological polar surface area (TPSA) is 93.2 Å². The first-order chi connectivity index (χ1) is 16.1. The molecule has 0 spiro atoms. The van der Waals surface area contributed by atoms with Crippen molar-refractivity contribution in [3.63, 3.8) is 0 Å². The van der Waals surface area contributed by atoms with Gasteiger partial charge in [0, 0.05) is 26.2 Å². The van der Waals surface area contributed by atoms with Crippen LogP contribution < -0.4 is 4.74 Å². The summed E-state index contributed by atoms with van der Waals surface area (Å²) in [4.78, 5) is 26.8. The van der Waals surface area contributed by atoms with Crippen molar-refractivity contribution in [3.05, 3.63) is 59.7 Å². The molecule has 0 bridgehead atoms. The molecule has 3 rings (SSSR count). The van der Waals surface area contributed by atoms with E-state index < -0.39 is 22.1 Å². The number of esters is 1. The van der Waals surface area contributed by atoms with Crippen LogP contribution in [0.3, 0.4) is 0 Å². The first-order valence-corrected chi connectivity index (χ1v) is 12.8. The van der Waals surface area contributed by atoms with Crippen LogP contribution in [0, 0.1) is 6.92 Å². The van der Waals surface area contributed by atoms with E-state index in [1.54, 1.807) is 30.3 Å². The van der Waals surface area contributed by atoms with Gasteiger partial charge >= 0.3 is 5.97 Å². The Kier molecular flexibility index (Phi) is 8.33. The lowest BCUT2D eigenvalue weighted by atomic mass is 10.0. The number of carbonyl (C=O) groups is 2. The smallest absolute Gasteiger partial charge is 0.344 e. The molecule has 1 unspecified atom stereocenters. The molecule has 9 heteroatoms. The number of ether oxygens (including phenoxy) is 2. The number of benzene rings is 2. The minimum absolute atomic E-state index is 0.179. The van der Waals surface area contributed by atoms with Gasteiger partial charge < -0.3 is 14.4 Å². The van der Waals surface area contributed by atoms with Gasteiger partial charge in [-0.15, -0.1) is 0 Å². The molecule has 1 fully saturated rings. The highest BCUT2D eigenvalue weighted by Gasteiger charge is 2.32. The standard InChI is InChI=1S/C25H32N2O6S/c1-18(2)22-11-10-19(3)16-23(22)32-17-24(28)33-20(4)25(29)26-12-14-27(15-13-26)34(30,31)21-8-6-5-7-9-21/h5-11,16,18,20H,12-15,17H2,1-4H3. The molecule has 34 heavy (non-hydrogen) atoms. The summed E-state index contributed by atoms with van der Waals surface area (Å²) in [7, 11) is -3.60. The molecule has 184 valence electrons. The number of rotatable bonds is 8. The van der Waals surface area contributed by atoms with Crippen LogP contribution in [0.5, 0.6) is 5.75 Å². The molecule has 1 aliphatic heterocycles. The molecule has 0 N–H and O–H groups in total. The average Bonchev–Trinajstić information content (AvgIpc) is 2.82. The van der Waals surface area contributed by atoms with Crippen LogP contribution in [0.4, 0.5) is 0 Å². The van der Waals surface area contributed by atoms with Crippen molar-refractivity contribution < 1.29 is 27.5 Å². The maximum Gasteiger partial charge on any atom is 0.344 e. The van der Waals surface area contributed by atoms with E-state index in [-0.39, 0.29) is 49.5 Å². The second-order valence-corrected chi connectivity index (χ2v) is 10.6. The van der Waals surface area contributed by atoms with Crippen LogP contribution in [0.2, 0.25) is 0 Å². The molecule has 1 saturated heterocycles. The van der Waals surface area contributed by atoms with E-state index in [0.29, 0.717) is 5.75 Å². The third-order valence-electron chi connectivity index (χ3n) is 5.72. The maximum atomic E-state index is 12.8. The van der Waals surface area contributed by atoms with E-state index in [2.05, 4.69) is 0 Å². The number of carbonyl (C=O) groups excluding carboxylic acids is 2. The minimum Gasteiger partial charge on any atom is -0.482 e. The number of piperazine rings is 1. The highest BCUT2D eigenvalue weighted by Crippen LogP contribution is 2.27. The van der Waals surface area contributed by atoms with E-state index in [9.17, 15) is 18.0 Å². The van der Waals surface area contributed by atoms with Crippen molar-refractivity contribution in [2.24, 2.45) is 0 Å². The van der Waals surface area contributed by atoms with Crippen molar-refractivity contribution in [1.29, 1.82) is 0 Å². The SMILES string of the molecule is Cc1ccc(C(C)C)c(OCC(=O)OC(C)C(=O)N2CCN(S(=O)(=O)c3ccccc3)CC2)c1. The van der Waals surface area contributed by atoms with Crippen molar-refractivity contribution >= 4 is 21.9 Å². The third kappa shape index (κ3) is 6.15. The molecule has 8 nitrogen and oxygen atoms in total. The largest absolute Gasteiger partial charge is 0.482 e. The molecule has 0 radical (unpaired) electrons. The fourth-order valence-electron chi connectivity index (χ4n) is 3.81. The average molecular weight is 489 g/mol. The zero-order valence-electron chi connectivity index (χ0n) is 20.1. The molecule has 0 aliphatic carbocycles. The minimum atomic E-state index is -3.60. The summed E-state index contributed by atoms with van der Waals surface area (Å²) in [6.45, 7) is 8.05. The maximum absolute atomic E-state index is 12.8. The molecular formula is C25H32N2O6S. The van der Waals surface area contributed by atoms with Crippen LogP contribution in [0.1, 0.15) is 37.8 Å². The number of hydrogen-bond acceptors (Lipinski definition) is 6. The van der Waals surface area contributed by atoms with Crippen LogP contribution in [-0.4, -0.2) is 68.4 Å². The predicted octanol–water partition coefficient (Wildman–Crippen LogP) is 2.96. The van der Waals surface area contributed by atoms with Gasteiger partial charge in [0.15, 0.2) is 12.7 Å². The molecule has 1 heterocycles. The monoisotopic (exact) mass is 488 g/mol. The first-order valence-electron chi connectivity index (χ1n) is 11.4. The van der Waals surface area contributed by atoms with Crippen molar-refractivity contribution in [2.75, 3.05) is 32.8 Å². The Morgan fingerprint density at radius 3 is 2.24 bits per heavy atom. The summed E-state index contributed by atoms with van der Waals surface area (Å²) in [5.74, 6) is -0.135. The van der Waals surface area contributed by atoms with E-state index in [0.717, 1.165) is 11.1 Å². The molecule has 1 amide bonds. The second-order valence-electron chi connectivity index (χ2n) is 8.66. The van der Waals surface area contributed by atoms with Gasteiger partial charge in [-0.1, -0.05) is 44.2 Å². The first kappa shape index (κ1) is 25.7. The van der Waals surface area contributed by atoms with Crippen LogP contribution >= 0.6 is 0 Å². The predicted molar refractivity (Wildman–Crippen MR) is 128 cm³/mol. The van der Waals surface area contributed by atoms with E-state index in [1.165, 1.54) is 16.1 Å². The summed E-state index contributed by atoms with van der Waals surface area (Å²) in [5.41, 5.74) is 2.01. The van der Waals surface area contributed by atoms with Crippen LogP contribution in [-0.2, 0) is 24.3 Å². The molecule has 2 aromatic rings. The lowest BCUT2D eigenvalue weighted by Gasteiger charge is -2.35. The summed E-state index contributed by atoms with van der Waals surface area (Å²) < 4.78 is 37.9. The van der Waals surface area contributed by atoms with E-state index in [1.807, 2.05) is 39.0 Å². The Morgan fingerprint density at radius 2 is 1.62 bits per heavy atom. The zero-order valence-corrected chi connectivity index (χ0v) is 20.9. The normalized spacial score (nSPS) is 15.7. The van der Waals surface area contributed by atoms with E-state index in [4.69, 9.17) is 9.47 Å². The Morgan fingerprint density at radius 1 is 0.971 bits per heavy atom. The van der Waals surface area contributed by atoms with Crippen LogP contribution in [0.15, 0.2) is 53.4 Å². The van der Waals surface area contributed by atoms with Gasteiger partial charge in [-0.3, -0.25) is 4.79 Å². The third-order valence-corrected chi connectivity index (χ3v) is 7.64. The molecular weight excluding hydrogens is 456 g/mol. The van der Waals surface area contributed by atoms with Gasteiger partial charge in [-0.2, -0.15) is 4.31 Å². The van der Waals surface area contributed by atoms with E-state index >= 15 is 0 Å². The van der Waals surface area contributed by atoms with Gasteiger partial charge in [0.25, 0.3) is 5.91 Å². The van der Waals surface area contributed by atoms with Crippen molar-refractivity contribution in [3.8, 4) is 5.75 Å². The number of aryl methyl sites for hydroxylation is 1. The van der Waals surface area contributed by atoms with Gasteiger partial charge in [-0.25, -0.2) is 13.2 Å². The van der Waals surface area contributed by atoms with Crippen LogP contribution in [0.25, 0.3) is 0 Å². The highest BCUT2D eigenvalue weighted by molar-refractivity contribution is 7.89. The van der Waals surface area contributed by atoms with Crippen molar-refractivity contribution in [2.45, 2.75) is 44.6 Å². The lowest BCUT2D eigenvalue weighted by Crippen LogP contribution is -2.53. The Labute approximate surface area is 201 Å². The summed E-state index contributed by atoms with van der Waals surface area (Å²) >= 11 is 0. The zero-order chi connectivity index (χ0) is 24.9. The highest BCUT2D eigenvalue weighted by atomic mass is 32.2. The van der Waals surface area contributed by atoms with Gasteiger partial charge in [0.1, 0.15) is 5.75 Å². The molecule has 1 atom stereocenters. The quantitative estimate of drug-likeness (QED) is 0.531. The fraction of sp³-hybridized carbons (Fsp3) is 0.440. The summed E-state index contributed by atoms with van der Waals surface area (Å²) in [6.07, 6.45) is -0.990. The van der Waals surface area contributed by atoms with Gasteiger partial charge in [0.2, 0.25) is 10.0 Å². The molecule has 2 aromatic carbocycles. The summed E-state index contributed by atoms with van der Waals surface area (Å²) in [6, 6.07) is 14.1. The number of sulfonamides is 1. The Hall–Kier alpha value is -2.91. The van der Waals surface area contributed by atoms with Crippen molar-refractivity contribution in [1.82, 2.24) is 9.21 Å². The number of hydrogen-bond donors (Lipinski definition) is 0. The summed E-state index contributed by atoms with van der Waals surface area (Å²) in [5, 5.41) is 0. The molecule has 0 aromatic heterocycles.